The van der Waals surface area contributed by atoms with E-state index in [2.05, 4.69) is 35.5 Å². The maximum absolute atomic E-state index is 15.5. The Kier molecular flexibility index (Phi) is 9.18. The summed E-state index contributed by atoms with van der Waals surface area (Å²) in [5.41, 5.74) is 9.82. The molecule has 5 aliphatic rings. The molecule has 7 heterocycles. The predicted octanol–water partition coefficient (Wildman–Crippen LogP) is 3.44. The fourth-order valence-corrected chi connectivity index (χ4v) is 9.03. The molecule has 0 bridgehead atoms. The zero-order valence-corrected chi connectivity index (χ0v) is 31.2. The van der Waals surface area contributed by atoms with Crippen LogP contribution in [0.15, 0.2) is 41.1 Å². The summed E-state index contributed by atoms with van der Waals surface area (Å²) in [7, 11) is 1.82. The van der Waals surface area contributed by atoms with E-state index in [4.69, 9.17) is 15.2 Å². The number of likely N-dealkylation sites (N-methyl/N-ethyl adjacent to an activating group) is 1. The third-order valence-corrected chi connectivity index (χ3v) is 12.1. The fraction of sp³-hybridized carbons (Fsp3) is 0.462. The highest BCUT2D eigenvalue weighted by Gasteiger charge is 2.38. The molecule has 56 heavy (non-hydrogen) atoms. The number of amides is 5. The number of primary amides is 1. The van der Waals surface area contributed by atoms with E-state index in [1.165, 1.54) is 6.07 Å². The summed E-state index contributed by atoms with van der Waals surface area (Å²) < 4.78 is 21.3. The number of halogens is 1. The van der Waals surface area contributed by atoms with Crippen molar-refractivity contribution in [3.8, 4) is 0 Å². The standard InChI is InChI=1S/C39H44FN11O5/c1-47-15-16-51(39(47)55)25-3-2-12-49(19-25)31-18-42-34(36(41)53)37(44-31)43-22-4-6-23(7-5-22)48-13-10-24(11-14-48)50-20-28-29(21-50)35-27(17-30(28)40)33(46-56-35)26-8-9-32(52)45-38(26)54/h4-7,17-18,24-26H,2-3,8-16,19-21H2,1H3,(H2,41,53)(H,43,44)(H,45,52,54)/t25-,26?/m1/s1. The van der Waals surface area contributed by atoms with E-state index in [0.29, 0.717) is 60.6 Å². The van der Waals surface area contributed by atoms with Crippen LogP contribution < -0.4 is 26.2 Å². The highest BCUT2D eigenvalue weighted by Crippen LogP contribution is 2.39. The zero-order valence-electron chi connectivity index (χ0n) is 31.2. The number of rotatable bonds is 8. The minimum atomic E-state index is -0.681. The van der Waals surface area contributed by atoms with Gasteiger partial charge in [0.1, 0.15) is 17.3 Å². The molecule has 4 aromatic rings. The number of hydrogen-bond donors (Lipinski definition) is 3. The van der Waals surface area contributed by atoms with Crippen LogP contribution in [0, 0.1) is 5.82 Å². The maximum atomic E-state index is 15.5. The molecule has 4 fully saturated rings. The van der Waals surface area contributed by atoms with Crippen molar-refractivity contribution in [2.45, 2.75) is 69.6 Å². The minimum Gasteiger partial charge on any atom is -0.371 e. The van der Waals surface area contributed by atoms with Crippen molar-refractivity contribution in [3.05, 3.63) is 64.9 Å². The quantitative estimate of drug-likeness (QED) is 0.222. The van der Waals surface area contributed by atoms with Crippen molar-refractivity contribution in [1.29, 1.82) is 0 Å². The third-order valence-electron chi connectivity index (χ3n) is 12.1. The molecule has 292 valence electrons. The van der Waals surface area contributed by atoms with Crippen molar-refractivity contribution >= 4 is 57.7 Å². The normalized spacial score (nSPS) is 22.3. The van der Waals surface area contributed by atoms with Crippen molar-refractivity contribution in [1.82, 2.24) is 35.1 Å². The van der Waals surface area contributed by atoms with E-state index in [0.717, 1.165) is 68.8 Å². The number of nitrogens with zero attached hydrogens (tertiary/aromatic N) is 8. The molecule has 0 spiro atoms. The molecule has 2 aromatic carbocycles. The number of nitrogens with two attached hydrogens (primary N) is 1. The summed E-state index contributed by atoms with van der Waals surface area (Å²) in [5.74, 6) is -1.51. The fourth-order valence-electron chi connectivity index (χ4n) is 9.03. The molecule has 4 saturated heterocycles. The van der Waals surface area contributed by atoms with E-state index < -0.39 is 17.7 Å². The lowest BCUT2D eigenvalue weighted by molar-refractivity contribution is -0.134. The third kappa shape index (κ3) is 6.52. The van der Waals surface area contributed by atoms with Crippen LogP contribution in [0.1, 0.15) is 71.8 Å². The van der Waals surface area contributed by atoms with Gasteiger partial charge in [-0.25, -0.2) is 19.2 Å². The first-order chi connectivity index (χ1) is 27.1. The number of carbonyl (C=O) groups is 4. The average Bonchev–Trinajstić information content (AvgIpc) is 3.92. The van der Waals surface area contributed by atoms with Gasteiger partial charge in [-0.05, 0) is 62.4 Å². The van der Waals surface area contributed by atoms with Crippen molar-refractivity contribution < 1.29 is 28.1 Å². The van der Waals surface area contributed by atoms with Crippen molar-refractivity contribution in [2.75, 3.05) is 61.4 Å². The number of nitrogens with one attached hydrogen (secondary N) is 2. The molecule has 0 aliphatic carbocycles. The molecule has 0 saturated carbocycles. The molecule has 4 N–H and O–H groups in total. The molecular weight excluding hydrogens is 721 g/mol. The zero-order chi connectivity index (χ0) is 38.7. The number of carbonyl (C=O) groups excluding carboxylic acids is 4. The Morgan fingerprint density at radius 2 is 1.75 bits per heavy atom. The monoisotopic (exact) mass is 765 g/mol. The Morgan fingerprint density at radius 1 is 0.964 bits per heavy atom. The summed E-state index contributed by atoms with van der Waals surface area (Å²) in [5, 5.41) is 10.3. The molecule has 0 radical (unpaired) electrons. The van der Waals surface area contributed by atoms with Gasteiger partial charge in [-0.1, -0.05) is 5.16 Å². The van der Waals surface area contributed by atoms with Crippen LogP contribution in [-0.2, 0) is 22.7 Å². The van der Waals surface area contributed by atoms with E-state index in [1.54, 1.807) is 11.1 Å². The summed E-state index contributed by atoms with van der Waals surface area (Å²) >= 11 is 0. The van der Waals surface area contributed by atoms with Crippen LogP contribution in [0.3, 0.4) is 0 Å². The predicted molar refractivity (Wildman–Crippen MR) is 204 cm³/mol. The summed E-state index contributed by atoms with van der Waals surface area (Å²) in [6.07, 6.45) is 5.71. The molecule has 1 unspecified atom stereocenters. The smallest absolute Gasteiger partial charge is 0.320 e. The second kappa shape index (κ2) is 14.3. The molecule has 2 atom stereocenters. The van der Waals surface area contributed by atoms with Gasteiger partial charge < -0.3 is 35.2 Å². The van der Waals surface area contributed by atoms with E-state index in [1.807, 2.05) is 36.2 Å². The molecule has 9 rings (SSSR count). The number of hydrogen-bond acceptors (Lipinski definition) is 12. The van der Waals surface area contributed by atoms with Gasteiger partial charge in [0.15, 0.2) is 17.1 Å². The van der Waals surface area contributed by atoms with Gasteiger partial charge in [0.05, 0.1) is 18.2 Å². The van der Waals surface area contributed by atoms with Crippen molar-refractivity contribution in [2.24, 2.45) is 5.73 Å². The van der Waals surface area contributed by atoms with Crippen LogP contribution in [0.5, 0.6) is 0 Å². The minimum absolute atomic E-state index is 0.0487. The van der Waals surface area contributed by atoms with Crippen LogP contribution in [-0.4, -0.2) is 112 Å². The Bertz CT molecular complexity index is 2220. The molecule has 5 aliphatic heterocycles. The molecule has 17 heteroatoms. The van der Waals surface area contributed by atoms with Crippen LogP contribution in [0.25, 0.3) is 11.0 Å². The Balaban J connectivity index is 0.834. The molecular formula is C39H44FN11O5. The number of piperidine rings is 3. The Labute approximate surface area is 322 Å². The summed E-state index contributed by atoms with van der Waals surface area (Å²) in [6.45, 7) is 5.47. The number of aromatic nitrogens is 3. The van der Waals surface area contributed by atoms with Crippen LogP contribution in [0.4, 0.5) is 32.2 Å². The van der Waals surface area contributed by atoms with Crippen molar-refractivity contribution in [3.63, 3.8) is 0 Å². The van der Waals surface area contributed by atoms with Gasteiger partial charge in [0.2, 0.25) is 11.8 Å². The number of urea groups is 1. The lowest BCUT2D eigenvalue weighted by Gasteiger charge is -2.38. The van der Waals surface area contributed by atoms with E-state index >= 15 is 4.39 Å². The summed E-state index contributed by atoms with van der Waals surface area (Å²) in [4.78, 5) is 68.8. The van der Waals surface area contributed by atoms with Gasteiger partial charge in [0, 0.05) is 99.8 Å². The lowest BCUT2D eigenvalue weighted by Crippen LogP contribution is -2.49. The Morgan fingerprint density at radius 3 is 2.48 bits per heavy atom. The van der Waals surface area contributed by atoms with Crippen LogP contribution >= 0.6 is 0 Å². The first kappa shape index (κ1) is 35.8. The van der Waals surface area contributed by atoms with Gasteiger partial charge in [-0.15, -0.1) is 0 Å². The molecule has 2 aromatic heterocycles. The molecule has 16 nitrogen and oxygen atoms in total. The second-order valence-electron chi connectivity index (χ2n) is 15.5. The second-order valence-corrected chi connectivity index (χ2v) is 15.5. The van der Waals surface area contributed by atoms with E-state index in [-0.39, 0.29) is 47.8 Å². The topological polar surface area (TPSA) is 186 Å². The number of imide groups is 1. The van der Waals surface area contributed by atoms with Crippen LogP contribution in [0.2, 0.25) is 0 Å². The average molecular weight is 766 g/mol. The van der Waals surface area contributed by atoms with Gasteiger partial charge in [-0.3, -0.25) is 24.6 Å². The van der Waals surface area contributed by atoms with Gasteiger partial charge >= 0.3 is 6.03 Å². The largest absolute Gasteiger partial charge is 0.371 e. The van der Waals surface area contributed by atoms with Gasteiger partial charge in [0.25, 0.3) is 5.91 Å². The van der Waals surface area contributed by atoms with E-state index in [9.17, 15) is 19.2 Å². The number of fused-ring (bicyclic) bond motifs is 3. The number of anilines is 4. The Hall–Kier alpha value is -5.84. The van der Waals surface area contributed by atoms with Gasteiger partial charge in [-0.2, -0.15) is 0 Å². The highest BCUT2D eigenvalue weighted by atomic mass is 19.1. The lowest BCUT2D eigenvalue weighted by atomic mass is 9.92. The molecule has 5 amide bonds. The first-order valence-corrected chi connectivity index (χ1v) is 19.3. The summed E-state index contributed by atoms with van der Waals surface area (Å²) in [6, 6.07) is 9.75. The number of benzene rings is 2. The maximum Gasteiger partial charge on any atom is 0.320 e. The SMILES string of the molecule is CN1CCN([C@@H]2CCCN(c3cnc(C(N)=O)c(Nc4ccc(N5CCC(N6Cc7c(F)cc8c(C9CCC(=O)NC9=O)noc8c7C6)CC5)cc4)n3)C2)C1=O. The first-order valence-electron chi connectivity index (χ1n) is 19.3. The highest BCUT2D eigenvalue weighted by molar-refractivity contribution is 6.02.